The van der Waals surface area contributed by atoms with Crippen LogP contribution in [0.4, 0.5) is 0 Å². The Kier molecular flexibility index (Phi) is 5.74. The van der Waals surface area contributed by atoms with E-state index in [2.05, 4.69) is 73.4 Å². The van der Waals surface area contributed by atoms with Gasteiger partial charge in [0.2, 0.25) is 0 Å². The second-order valence-corrected chi connectivity index (χ2v) is 6.09. The average molecular weight is 285 g/mol. The Morgan fingerprint density at radius 1 is 0.952 bits per heavy atom. The third-order valence-electron chi connectivity index (χ3n) is 3.88. The lowest BCUT2D eigenvalue weighted by molar-refractivity contribution is 0.286. The molecule has 114 valence electrons. The van der Waals surface area contributed by atoms with Crippen LogP contribution in [-0.4, -0.2) is 50.6 Å². The minimum atomic E-state index is 0.0560. The first kappa shape index (κ1) is 16.0. The Bertz CT molecular complexity index is 560. The summed E-state index contributed by atoms with van der Waals surface area (Å²) in [7, 11) is 6.38. The van der Waals surface area contributed by atoms with Gasteiger partial charge in [-0.15, -0.1) is 0 Å². The minimum absolute atomic E-state index is 0.0560. The highest BCUT2D eigenvalue weighted by molar-refractivity contribution is 5.86. The molecule has 0 heterocycles. The topological polar surface area (TPSA) is 32.5 Å². The number of rotatable bonds is 7. The SMILES string of the molecule is CN(C)CCCN(C)CC(N)c1cccc2ccccc12. The summed E-state index contributed by atoms with van der Waals surface area (Å²) in [5.74, 6) is 0. The molecule has 0 aliphatic rings. The normalized spacial score (nSPS) is 13.2. The molecule has 0 aliphatic heterocycles. The molecule has 1 unspecified atom stereocenters. The zero-order valence-electron chi connectivity index (χ0n) is 13.4. The van der Waals surface area contributed by atoms with Crippen molar-refractivity contribution < 1.29 is 0 Å². The highest BCUT2D eigenvalue weighted by Gasteiger charge is 2.12. The van der Waals surface area contributed by atoms with Gasteiger partial charge in [0, 0.05) is 12.6 Å². The fourth-order valence-electron chi connectivity index (χ4n) is 2.76. The lowest BCUT2D eigenvalue weighted by Gasteiger charge is -2.23. The van der Waals surface area contributed by atoms with Crippen LogP contribution in [0.1, 0.15) is 18.0 Å². The molecule has 0 spiro atoms. The van der Waals surface area contributed by atoms with Gasteiger partial charge in [0.25, 0.3) is 0 Å². The maximum atomic E-state index is 6.44. The van der Waals surface area contributed by atoms with Gasteiger partial charge in [-0.25, -0.2) is 0 Å². The molecule has 0 amide bonds. The van der Waals surface area contributed by atoms with E-state index >= 15 is 0 Å². The van der Waals surface area contributed by atoms with Crippen LogP contribution in [0, 0.1) is 0 Å². The number of nitrogens with zero attached hydrogens (tertiary/aromatic N) is 2. The number of hydrogen-bond donors (Lipinski definition) is 1. The van der Waals surface area contributed by atoms with Gasteiger partial charge in [0.05, 0.1) is 0 Å². The molecular formula is C18H27N3. The summed E-state index contributed by atoms with van der Waals surface area (Å²) in [4.78, 5) is 4.55. The van der Waals surface area contributed by atoms with Gasteiger partial charge in [-0.2, -0.15) is 0 Å². The molecule has 2 N–H and O–H groups in total. The van der Waals surface area contributed by atoms with Gasteiger partial charge in [-0.1, -0.05) is 42.5 Å². The monoisotopic (exact) mass is 285 g/mol. The summed E-state index contributed by atoms with van der Waals surface area (Å²) in [5, 5.41) is 2.54. The molecule has 0 radical (unpaired) electrons. The van der Waals surface area contributed by atoms with Crippen molar-refractivity contribution in [1.82, 2.24) is 9.80 Å². The largest absolute Gasteiger partial charge is 0.323 e. The molecule has 2 aromatic rings. The maximum absolute atomic E-state index is 6.44. The molecule has 1 atom stereocenters. The Hall–Kier alpha value is -1.42. The van der Waals surface area contributed by atoms with E-state index < -0.39 is 0 Å². The summed E-state index contributed by atoms with van der Waals surface area (Å²) in [6.45, 7) is 3.09. The fraction of sp³-hybridized carbons (Fsp3) is 0.444. The van der Waals surface area contributed by atoms with E-state index in [9.17, 15) is 0 Å². The van der Waals surface area contributed by atoms with Crippen LogP contribution in [0.5, 0.6) is 0 Å². The number of hydrogen-bond acceptors (Lipinski definition) is 3. The van der Waals surface area contributed by atoms with Gasteiger partial charge >= 0.3 is 0 Å². The molecule has 0 aromatic heterocycles. The molecule has 0 aliphatic carbocycles. The molecule has 0 fully saturated rings. The van der Waals surface area contributed by atoms with Crippen molar-refractivity contribution >= 4 is 10.8 Å². The number of likely N-dealkylation sites (N-methyl/N-ethyl adjacent to an activating group) is 1. The zero-order valence-corrected chi connectivity index (χ0v) is 13.4. The quantitative estimate of drug-likeness (QED) is 0.849. The highest BCUT2D eigenvalue weighted by atomic mass is 15.1. The van der Waals surface area contributed by atoms with Crippen molar-refractivity contribution in [2.24, 2.45) is 5.73 Å². The standard InChI is InChI=1S/C18H27N3/c1-20(2)12-7-13-21(3)14-18(19)17-11-6-9-15-8-4-5-10-16(15)17/h4-6,8-11,18H,7,12-14,19H2,1-3H3. The van der Waals surface area contributed by atoms with Gasteiger partial charge in [0.1, 0.15) is 0 Å². The van der Waals surface area contributed by atoms with Crippen LogP contribution in [-0.2, 0) is 0 Å². The van der Waals surface area contributed by atoms with E-state index in [1.807, 2.05) is 0 Å². The van der Waals surface area contributed by atoms with Crippen molar-refractivity contribution in [2.45, 2.75) is 12.5 Å². The van der Waals surface area contributed by atoms with Crippen LogP contribution < -0.4 is 5.73 Å². The third kappa shape index (κ3) is 4.53. The Balaban J connectivity index is 2.00. The van der Waals surface area contributed by atoms with E-state index in [1.165, 1.54) is 22.8 Å². The van der Waals surface area contributed by atoms with Crippen molar-refractivity contribution in [3.63, 3.8) is 0 Å². The Morgan fingerprint density at radius 3 is 2.43 bits per heavy atom. The first-order chi connectivity index (χ1) is 10.1. The van der Waals surface area contributed by atoms with E-state index in [0.717, 1.165) is 19.6 Å². The summed E-state index contributed by atoms with van der Waals surface area (Å²) in [6, 6.07) is 14.9. The third-order valence-corrected chi connectivity index (χ3v) is 3.88. The predicted octanol–water partition coefficient (Wildman–Crippen LogP) is 2.72. The molecule has 2 rings (SSSR count). The van der Waals surface area contributed by atoms with Crippen LogP contribution in [0.15, 0.2) is 42.5 Å². The van der Waals surface area contributed by atoms with Gasteiger partial charge < -0.3 is 15.5 Å². The number of benzene rings is 2. The molecule has 0 saturated carbocycles. The van der Waals surface area contributed by atoms with E-state index in [1.54, 1.807) is 0 Å². The second kappa shape index (κ2) is 7.55. The first-order valence-electron chi connectivity index (χ1n) is 7.64. The zero-order chi connectivity index (χ0) is 15.2. The Morgan fingerprint density at radius 2 is 1.67 bits per heavy atom. The molecule has 21 heavy (non-hydrogen) atoms. The van der Waals surface area contributed by atoms with Crippen LogP contribution in [0.25, 0.3) is 10.8 Å². The summed E-state index contributed by atoms with van der Waals surface area (Å²) in [5.41, 5.74) is 7.68. The van der Waals surface area contributed by atoms with Crippen LogP contribution in [0.3, 0.4) is 0 Å². The molecule has 0 bridgehead atoms. The molecule has 3 nitrogen and oxygen atoms in total. The summed E-state index contributed by atoms with van der Waals surface area (Å²) in [6.07, 6.45) is 1.17. The van der Waals surface area contributed by atoms with Gasteiger partial charge in [-0.3, -0.25) is 0 Å². The number of nitrogens with two attached hydrogens (primary N) is 1. The first-order valence-corrected chi connectivity index (χ1v) is 7.64. The van der Waals surface area contributed by atoms with Gasteiger partial charge in [0.15, 0.2) is 0 Å². The van der Waals surface area contributed by atoms with Crippen LogP contribution in [0.2, 0.25) is 0 Å². The molecular weight excluding hydrogens is 258 g/mol. The lowest BCUT2D eigenvalue weighted by atomic mass is 9.99. The second-order valence-electron chi connectivity index (χ2n) is 6.09. The van der Waals surface area contributed by atoms with Crippen molar-refractivity contribution in [3.8, 4) is 0 Å². The minimum Gasteiger partial charge on any atom is -0.323 e. The summed E-state index contributed by atoms with van der Waals surface area (Å²) < 4.78 is 0. The van der Waals surface area contributed by atoms with Crippen molar-refractivity contribution in [1.29, 1.82) is 0 Å². The van der Waals surface area contributed by atoms with Crippen molar-refractivity contribution in [3.05, 3.63) is 48.0 Å². The van der Waals surface area contributed by atoms with E-state index in [4.69, 9.17) is 5.73 Å². The lowest BCUT2D eigenvalue weighted by Crippen LogP contribution is -2.31. The fourth-order valence-corrected chi connectivity index (χ4v) is 2.76. The van der Waals surface area contributed by atoms with Gasteiger partial charge in [-0.05, 0) is 57.0 Å². The molecule has 0 saturated heterocycles. The highest BCUT2D eigenvalue weighted by Crippen LogP contribution is 2.23. The van der Waals surface area contributed by atoms with Crippen LogP contribution >= 0.6 is 0 Å². The van der Waals surface area contributed by atoms with E-state index in [-0.39, 0.29) is 6.04 Å². The van der Waals surface area contributed by atoms with Crippen molar-refractivity contribution in [2.75, 3.05) is 40.8 Å². The molecule has 2 aromatic carbocycles. The molecule has 3 heteroatoms. The maximum Gasteiger partial charge on any atom is 0.0430 e. The summed E-state index contributed by atoms with van der Waals surface area (Å²) >= 11 is 0. The smallest absolute Gasteiger partial charge is 0.0430 e. The predicted molar refractivity (Wildman–Crippen MR) is 91.5 cm³/mol. The number of fused-ring (bicyclic) bond motifs is 1. The Labute approximate surface area is 128 Å². The van der Waals surface area contributed by atoms with E-state index in [0.29, 0.717) is 0 Å². The average Bonchev–Trinajstić information content (AvgIpc) is 2.46.